The normalized spacial score (nSPS) is 11.8. The van der Waals surface area contributed by atoms with Gasteiger partial charge in [-0.05, 0) is 6.92 Å². The largest absolute Gasteiger partial charge is 0.294 e. The molecule has 0 aromatic carbocycles. The van der Waals surface area contributed by atoms with Gasteiger partial charge in [0.1, 0.15) is 0 Å². The van der Waals surface area contributed by atoms with Crippen LogP contribution in [-0.2, 0) is 11.3 Å². The zero-order chi connectivity index (χ0) is 6.41. The van der Waals surface area contributed by atoms with Gasteiger partial charge in [0.2, 0.25) is 11.3 Å². The Bertz CT molecular complexity index is 135. The Labute approximate surface area is 50.9 Å². The molecule has 0 saturated heterocycles. The molecule has 0 bridgehead atoms. The van der Waals surface area contributed by atoms with Crippen LogP contribution in [0.1, 0.15) is 6.92 Å². The Balaban J connectivity index is 3.14. The van der Waals surface area contributed by atoms with Gasteiger partial charge in [0.25, 0.3) is 0 Å². The lowest BCUT2D eigenvalue weighted by molar-refractivity contribution is 0.553. The van der Waals surface area contributed by atoms with E-state index in [0.717, 1.165) is 0 Å². The highest BCUT2D eigenvalue weighted by Crippen LogP contribution is 1.59. The van der Waals surface area contributed by atoms with Crippen LogP contribution in [0, 0.1) is 11.8 Å². The molecule has 2 N–H and O–H groups in total. The molecule has 0 fully saturated rings. The fraction of sp³-hybridized carbons (Fsp3) is 0.500. The summed E-state index contributed by atoms with van der Waals surface area (Å²) in [6.45, 7) is 1.93. The molecule has 1 unspecified atom stereocenters. The summed E-state index contributed by atoms with van der Waals surface area (Å²) in [4.78, 5) is 0. The molecule has 0 aliphatic rings. The second kappa shape index (κ2) is 4.78. The van der Waals surface area contributed by atoms with Crippen molar-refractivity contribution in [3.05, 3.63) is 0 Å². The Morgan fingerprint density at radius 3 is 2.88 bits per heavy atom. The smallest absolute Gasteiger partial charge is 0.232 e. The van der Waals surface area contributed by atoms with Crippen LogP contribution in [-0.4, -0.2) is 15.3 Å². The van der Waals surface area contributed by atoms with E-state index >= 15 is 0 Å². The summed E-state index contributed by atoms with van der Waals surface area (Å²) in [7, 11) is 0. The van der Waals surface area contributed by atoms with Crippen molar-refractivity contribution in [2.24, 2.45) is 0 Å². The van der Waals surface area contributed by atoms with Gasteiger partial charge in [0.05, 0.1) is 6.54 Å². The summed E-state index contributed by atoms with van der Waals surface area (Å²) >= 11 is -1.92. The van der Waals surface area contributed by atoms with Crippen LogP contribution in [0.15, 0.2) is 0 Å². The van der Waals surface area contributed by atoms with Crippen LogP contribution in [0.25, 0.3) is 0 Å². The fourth-order valence-corrected chi connectivity index (χ4v) is 0.382. The average Bonchev–Trinajstić information content (AvgIpc) is 1.66. The maximum Gasteiger partial charge on any atom is 0.232 e. The predicted octanol–water partition coefficient (Wildman–Crippen LogP) is -0.264. The molecule has 0 heterocycles. The minimum atomic E-state index is -1.92. The van der Waals surface area contributed by atoms with Crippen LogP contribution in [0.3, 0.4) is 0 Å². The summed E-state index contributed by atoms with van der Waals surface area (Å²) < 4.78 is 20.1. The molecule has 0 spiro atoms. The molecule has 46 valence electrons. The first kappa shape index (κ1) is 7.63. The first-order valence-electron chi connectivity index (χ1n) is 2.01. The third-order valence-electron chi connectivity index (χ3n) is 0.461. The first-order valence-corrected chi connectivity index (χ1v) is 3.12. The molecular weight excluding hydrogens is 126 g/mol. The summed E-state index contributed by atoms with van der Waals surface area (Å²) in [5, 5.41) is 0. The Morgan fingerprint density at radius 2 is 2.50 bits per heavy atom. The minimum Gasteiger partial charge on any atom is -0.294 e. The average molecular weight is 133 g/mol. The number of rotatable bonds is 2. The highest BCUT2D eigenvalue weighted by molar-refractivity contribution is 7.77. The highest BCUT2D eigenvalue weighted by atomic mass is 32.2. The van der Waals surface area contributed by atoms with Crippen LogP contribution >= 0.6 is 0 Å². The van der Waals surface area contributed by atoms with E-state index in [0.29, 0.717) is 0 Å². The summed E-state index contributed by atoms with van der Waals surface area (Å²) in [6, 6.07) is 0. The second-order valence-electron chi connectivity index (χ2n) is 0.997. The van der Waals surface area contributed by atoms with Crippen LogP contribution in [0.4, 0.5) is 0 Å². The van der Waals surface area contributed by atoms with Gasteiger partial charge in [0, 0.05) is 0 Å². The van der Waals surface area contributed by atoms with Crippen molar-refractivity contribution in [3.63, 3.8) is 0 Å². The summed E-state index contributed by atoms with van der Waals surface area (Å²) in [6.07, 6.45) is 0. The van der Waals surface area contributed by atoms with E-state index in [4.69, 9.17) is 4.55 Å². The van der Waals surface area contributed by atoms with E-state index in [1.807, 2.05) is 0 Å². The molecule has 0 aliphatic heterocycles. The van der Waals surface area contributed by atoms with Crippen LogP contribution in [0.5, 0.6) is 0 Å². The lowest BCUT2D eigenvalue weighted by Gasteiger charge is -1.86. The van der Waals surface area contributed by atoms with Crippen molar-refractivity contribution in [3.8, 4) is 11.8 Å². The minimum absolute atomic E-state index is 0.264. The molecule has 0 aromatic heterocycles. The second-order valence-corrected chi connectivity index (χ2v) is 1.78. The van der Waals surface area contributed by atoms with Crippen molar-refractivity contribution in [2.45, 2.75) is 6.92 Å². The number of hydrogen-bond donors (Lipinski definition) is 2. The monoisotopic (exact) mass is 133 g/mol. The topological polar surface area (TPSA) is 49.3 Å². The Morgan fingerprint density at radius 1 is 1.88 bits per heavy atom. The van der Waals surface area contributed by atoms with E-state index in [2.05, 4.69) is 16.6 Å². The third-order valence-corrected chi connectivity index (χ3v) is 0.852. The lowest BCUT2D eigenvalue weighted by atomic mass is 10.6. The van der Waals surface area contributed by atoms with Gasteiger partial charge in [-0.25, -0.2) is 8.93 Å². The Kier molecular flexibility index (Phi) is 4.56. The van der Waals surface area contributed by atoms with Crippen molar-refractivity contribution in [2.75, 3.05) is 6.54 Å². The van der Waals surface area contributed by atoms with E-state index < -0.39 is 11.3 Å². The molecule has 8 heavy (non-hydrogen) atoms. The number of hydrogen-bond acceptors (Lipinski definition) is 1. The fourth-order valence-electron chi connectivity index (χ4n) is 0.186. The molecule has 0 aliphatic carbocycles. The molecule has 0 saturated carbocycles. The molecule has 0 amide bonds. The third kappa shape index (κ3) is 5.63. The van der Waals surface area contributed by atoms with Gasteiger partial charge < -0.3 is 0 Å². The number of nitrogens with one attached hydrogen (secondary N) is 1. The van der Waals surface area contributed by atoms with E-state index in [1.165, 1.54) is 0 Å². The van der Waals surface area contributed by atoms with Gasteiger partial charge in [-0.15, -0.1) is 5.92 Å². The van der Waals surface area contributed by atoms with Gasteiger partial charge >= 0.3 is 0 Å². The highest BCUT2D eigenvalue weighted by Gasteiger charge is 1.82. The van der Waals surface area contributed by atoms with Gasteiger partial charge in [-0.1, -0.05) is 5.92 Å². The summed E-state index contributed by atoms with van der Waals surface area (Å²) in [5.74, 6) is 5.13. The molecule has 0 aromatic rings. The SMILES string of the molecule is CC#CCNS(=O)O. The zero-order valence-electron chi connectivity index (χ0n) is 4.47. The maximum atomic E-state index is 9.81. The van der Waals surface area contributed by atoms with E-state index in [9.17, 15) is 4.21 Å². The quantitative estimate of drug-likeness (QED) is 0.402. The van der Waals surface area contributed by atoms with Crippen molar-refractivity contribution in [1.82, 2.24) is 4.72 Å². The van der Waals surface area contributed by atoms with Gasteiger partial charge in [0.15, 0.2) is 0 Å². The van der Waals surface area contributed by atoms with Crippen molar-refractivity contribution < 1.29 is 8.76 Å². The lowest BCUT2D eigenvalue weighted by Crippen LogP contribution is -2.15. The maximum absolute atomic E-state index is 9.81. The first-order chi connectivity index (χ1) is 3.77. The van der Waals surface area contributed by atoms with Gasteiger partial charge in [-0.3, -0.25) is 4.55 Å². The predicted molar refractivity (Wildman–Crippen MR) is 32.2 cm³/mol. The molecule has 3 nitrogen and oxygen atoms in total. The molecular formula is C4H7NO2S. The molecule has 0 radical (unpaired) electrons. The Hall–Kier alpha value is -0.370. The standard InChI is InChI=1S/C4H7NO2S/c1-2-3-4-5-8(6)7/h5H,4H2,1H3,(H,6,7). The van der Waals surface area contributed by atoms with E-state index in [1.54, 1.807) is 6.92 Å². The van der Waals surface area contributed by atoms with E-state index in [-0.39, 0.29) is 6.54 Å². The van der Waals surface area contributed by atoms with Gasteiger partial charge in [-0.2, -0.15) is 0 Å². The van der Waals surface area contributed by atoms with Crippen molar-refractivity contribution >= 4 is 11.3 Å². The van der Waals surface area contributed by atoms with Crippen LogP contribution < -0.4 is 4.72 Å². The van der Waals surface area contributed by atoms with Crippen molar-refractivity contribution in [1.29, 1.82) is 0 Å². The van der Waals surface area contributed by atoms with Crippen LogP contribution in [0.2, 0.25) is 0 Å². The molecule has 4 heteroatoms. The molecule has 0 rings (SSSR count). The summed E-state index contributed by atoms with van der Waals surface area (Å²) in [5.41, 5.74) is 0. The molecule has 1 atom stereocenters. The zero-order valence-corrected chi connectivity index (χ0v) is 5.29.